The summed E-state index contributed by atoms with van der Waals surface area (Å²) < 4.78 is 5.57. The van der Waals surface area contributed by atoms with E-state index in [2.05, 4.69) is 48.1 Å². The van der Waals surface area contributed by atoms with E-state index in [0.29, 0.717) is 0 Å². The molecule has 0 bridgehead atoms. The summed E-state index contributed by atoms with van der Waals surface area (Å²) in [5.41, 5.74) is 7.55. The van der Waals surface area contributed by atoms with Crippen LogP contribution in [0.3, 0.4) is 0 Å². The molecule has 0 spiro atoms. The number of methoxy groups -OCH3 is 1. The quantitative estimate of drug-likeness (QED) is 0.488. The zero-order valence-corrected chi connectivity index (χ0v) is 15.2. The molecular formula is C23H20N2O. The molecule has 3 nitrogen and oxygen atoms in total. The molecule has 2 heterocycles. The van der Waals surface area contributed by atoms with Crippen molar-refractivity contribution in [2.45, 2.75) is 13.8 Å². The first-order valence-corrected chi connectivity index (χ1v) is 8.64. The second kappa shape index (κ2) is 6.60. The molecule has 128 valence electrons. The number of hydrogen-bond acceptors (Lipinski definition) is 3. The van der Waals surface area contributed by atoms with Gasteiger partial charge in [-0.05, 0) is 48.7 Å². The minimum atomic E-state index is 0.852. The highest BCUT2D eigenvalue weighted by Crippen LogP contribution is 2.37. The minimum absolute atomic E-state index is 0.852. The molecular weight excluding hydrogens is 320 g/mol. The molecule has 0 radical (unpaired) electrons. The summed E-state index contributed by atoms with van der Waals surface area (Å²) in [4.78, 5) is 9.36. The fourth-order valence-electron chi connectivity index (χ4n) is 3.55. The van der Waals surface area contributed by atoms with Crippen molar-refractivity contribution in [2.75, 3.05) is 7.11 Å². The molecule has 0 unspecified atom stereocenters. The van der Waals surface area contributed by atoms with Gasteiger partial charge in [0.05, 0.1) is 18.3 Å². The molecule has 0 fully saturated rings. The fraction of sp³-hybridized carbons (Fsp3) is 0.130. The highest BCUT2D eigenvalue weighted by atomic mass is 16.5. The van der Waals surface area contributed by atoms with Crippen molar-refractivity contribution >= 4 is 10.9 Å². The number of benzene rings is 2. The summed E-state index contributed by atoms with van der Waals surface area (Å²) in [6.07, 6.45) is 3.72. The molecule has 3 heteroatoms. The number of nitrogens with zero attached hydrogens (tertiary/aromatic N) is 2. The first kappa shape index (κ1) is 16.3. The minimum Gasteiger partial charge on any atom is -0.496 e. The van der Waals surface area contributed by atoms with Gasteiger partial charge in [-0.15, -0.1) is 0 Å². The van der Waals surface area contributed by atoms with E-state index < -0.39 is 0 Å². The first-order chi connectivity index (χ1) is 12.7. The predicted molar refractivity (Wildman–Crippen MR) is 106 cm³/mol. The molecule has 0 aliphatic carbocycles. The lowest BCUT2D eigenvalue weighted by Gasteiger charge is -2.14. The van der Waals surface area contributed by atoms with E-state index in [1.807, 2.05) is 42.7 Å². The van der Waals surface area contributed by atoms with E-state index in [1.54, 1.807) is 7.11 Å². The van der Waals surface area contributed by atoms with Crippen LogP contribution in [0.2, 0.25) is 0 Å². The maximum Gasteiger partial charge on any atom is 0.126 e. The van der Waals surface area contributed by atoms with Gasteiger partial charge in [0.1, 0.15) is 5.75 Å². The summed E-state index contributed by atoms with van der Waals surface area (Å²) in [7, 11) is 1.70. The normalized spacial score (nSPS) is 10.9. The van der Waals surface area contributed by atoms with E-state index in [-0.39, 0.29) is 0 Å². The summed E-state index contributed by atoms with van der Waals surface area (Å²) in [6, 6.07) is 18.4. The maximum atomic E-state index is 5.57. The van der Waals surface area contributed by atoms with Crippen LogP contribution in [0.5, 0.6) is 5.75 Å². The van der Waals surface area contributed by atoms with E-state index >= 15 is 0 Å². The lowest BCUT2D eigenvalue weighted by Crippen LogP contribution is -1.95. The Morgan fingerprint density at radius 3 is 2.23 bits per heavy atom. The van der Waals surface area contributed by atoms with Gasteiger partial charge >= 0.3 is 0 Å². The van der Waals surface area contributed by atoms with E-state index in [0.717, 1.165) is 39.0 Å². The van der Waals surface area contributed by atoms with Crippen LogP contribution in [0.4, 0.5) is 0 Å². The van der Waals surface area contributed by atoms with Gasteiger partial charge < -0.3 is 4.74 Å². The molecule has 4 rings (SSSR count). The lowest BCUT2D eigenvalue weighted by molar-refractivity contribution is 0.416. The fourth-order valence-corrected chi connectivity index (χ4v) is 3.55. The van der Waals surface area contributed by atoms with Crippen LogP contribution in [0.25, 0.3) is 33.3 Å². The molecule has 0 aliphatic heterocycles. The van der Waals surface area contributed by atoms with Crippen molar-refractivity contribution in [2.24, 2.45) is 0 Å². The van der Waals surface area contributed by atoms with Crippen molar-refractivity contribution in [3.63, 3.8) is 0 Å². The molecule has 2 aromatic carbocycles. The number of aryl methyl sites for hydroxylation is 2. The van der Waals surface area contributed by atoms with Gasteiger partial charge in [-0.1, -0.05) is 36.4 Å². The Morgan fingerprint density at radius 1 is 0.731 bits per heavy atom. The van der Waals surface area contributed by atoms with Crippen molar-refractivity contribution in [1.29, 1.82) is 0 Å². The number of ether oxygens (including phenoxy) is 1. The number of fused-ring (bicyclic) bond motifs is 1. The van der Waals surface area contributed by atoms with Crippen LogP contribution >= 0.6 is 0 Å². The van der Waals surface area contributed by atoms with Crippen LogP contribution < -0.4 is 4.74 Å². The van der Waals surface area contributed by atoms with Crippen molar-refractivity contribution in [1.82, 2.24) is 9.97 Å². The standard InChI is InChI=1S/C23H20N2O/c1-15-7-6-8-16(2)21(15)23-22-19(12-14-25-23)17(11-13-24-22)18-9-4-5-10-20(18)26-3/h4-14H,1-3H3. The Balaban J connectivity index is 2.04. The molecule has 0 amide bonds. The monoisotopic (exact) mass is 340 g/mol. The predicted octanol–water partition coefficient (Wildman–Crippen LogP) is 5.59. The van der Waals surface area contributed by atoms with Crippen LogP contribution in [0, 0.1) is 13.8 Å². The van der Waals surface area contributed by atoms with Gasteiger partial charge in [-0.25, -0.2) is 0 Å². The molecule has 0 aliphatic rings. The number of rotatable bonds is 3. The number of aromatic nitrogens is 2. The number of pyridine rings is 2. The Hall–Kier alpha value is -3.20. The van der Waals surface area contributed by atoms with E-state index in [4.69, 9.17) is 4.74 Å². The smallest absolute Gasteiger partial charge is 0.126 e. The Labute approximate surface area is 153 Å². The molecule has 0 atom stereocenters. The van der Waals surface area contributed by atoms with Crippen molar-refractivity contribution < 1.29 is 4.74 Å². The third kappa shape index (κ3) is 2.62. The van der Waals surface area contributed by atoms with Crippen molar-refractivity contribution in [3.8, 4) is 28.1 Å². The molecule has 4 aromatic rings. The van der Waals surface area contributed by atoms with Gasteiger partial charge in [0, 0.05) is 28.9 Å². The third-order valence-corrected chi connectivity index (χ3v) is 4.77. The Kier molecular flexibility index (Phi) is 4.13. The van der Waals surface area contributed by atoms with Gasteiger partial charge in [-0.2, -0.15) is 0 Å². The van der Waals surface area contributed by atoms with Gasteiger partial charge in [0.15, 0.2) is 0 Å². The highest BCUT2D eigenvalue weighted by Gasteiger charge is 2.15. The topological polar surface area (TPSA) is 35.0 Å². The van der Waals surface area contributed by atoms with Crippen LogP contribution in [0.1, 0.15) is 11.1 Å². The number of para-hydroxylation sites is 1. The molecule has 2 aromatic heterocycles. The van der Waals surface area contributed by atoms with Crippen LogP contribution in [-0.4, -0.2) is 17.1 Å². The average Bonchev–Trinajstić information content (AvgIpc) is 2.67. The zero-order chi connectivity index (χ0) is 18.1. The van der Waals surface area contributed by atoms with Gasteiger partial charge in [-0.3, -0.25) is 9.97 Å². The van der Waals surface area contributed by atoms with Crippen LogP contribution in [-0.2, 0) is 0 Å². The third-order valence-electron chi connectivity index (χ3n) is 4.77. The highest BCUT2D eigenvalue weighted by molar-refractivity contribution is 6.02. The number of hydrogen-bond donors (Lipinski definition) is 0. The largest absolute Gasteiger partial charge is 0.496 e. The van der Waals surface area contributed by atoms with Crippen LogP contribution in [0.15, 0.2) is 67.0 Å². The van der Waals surface area contributed by atoms with Crippen molar-refractivity contribution in [3.05, 3.63) is 78.1 Å². The van der Waals surface area contributed by atoms with E-state index in [1.165, 1.54) is 11.1 Å². The molecule has 0 saturated heterocycles. The maximum absolute atomic E-state index is 5.57. The molecule has 26 heavy (non-hydrogen) atoms. The van der Waals surface area contributed by atoms with E-state index in [9.17, 15) is 0 Å². The summed E-state index contributed by atoms with van der Waals surface area (Å²) in [5.74, 6) is 0.852. The first-order valence-electron chi connectivity index (χ1n) is 8.64. The summed E-state index contributed by atoms with van der Waals surface area (Å²) >= 11 is 0. The second-order valence-corrected chi connectivity index (χ2v) is 6.38. The van der Waals surface area contributed by atoms with Gasteiger partial charge in [0.2, 0.25) is 0 Å². The van der Waals surface area contributed by atoms with Gasteiger partial charge in [0.25, 0.3) is 0 Å². The SMILES string of the molecule is COc1ccccc1-c1ccnc2c(-c3c(C)cccc3C)nccc12. The lowest BCUT2D eigenvalue weighted by atomic mass is 9.95. The Morgan fingerprint density at radius 2 is 1.46 bits per heavy atom. The molecule has 0 saturated carbocycles. The second-order valence-electron chi connectivity index (χ2n) is 6.38. The summed E-state index contributed by atoms with van der Waals surface area (Å²) in [6.45, 7) is 4.24. The zero-order valence-electron chi connectivity index (χ0n) is 15.2. The average molecular weight is 340 g/mol. The molecule has 0 N–H and O–H groups in total. The summed E-state index contributed by atoms with van der Waals surface area (Å²) in [5, 5.41) is 1.07. The Bertz CT molecular complexity index is 1080.